The largest absolute Gasteiger partial charge is 0.492 e. The van der Waals surface area contributed by atoms with Crippen molar-refractivity contribution >= 4 is 16.6 Å². The smallest absolute Gasteiger partial charge is 0.138 e. The second-order valence-electron chi connectivity index (χ2n) is 9.78. The number of para-hydroxylation sites is 1. The highest BCUT2D eigenvalue weighted by molar-refractivity contribution is 6.05. The number of nitrogens with one attached hydrogen (secondary N) is 1. The number of ether oxygens (including phenoxy) is 1. The molecular weight excluding hydrogens is 474 g/mol. The molecule has 0 spiro atoms. The van der Waals surface area contributed by atoms with E-state index in [2.05, 4.69) is 38.2 Å². The SMILES string of the molecule is CN(C)CCOc1ccc(-c2nc(-c3ccc4c(c3)CCC4=NO)c(-c3ccnc4ccccc34)[nH]2)cc1. The molecule has 1 aliphatic rings. The van der Waals surface area contributed by atoms with Crippen LogP contribution in [0, 0.1) is 0 Å². The summed E-state index contributed by atoms with van der Waals surface area (Å²) in [5.74, 6) is 1.62. The molecule has 0 unspecified atom stereocenters. The fourth-order valence-corrected chi connectivity index (χ4v) is 5.00. The Balaban J connectivity index is 1.44. The minimum absolute atomic E-state index is 0.636. The molecule has 0 saturated heterocycles. The van der Waals surface area contributed by atoms with Gasteiger partial charge in [0.1, 0.15) is 18.2 Å². The van der Waals surface area contributed by atoms with Crippen LogP contribution in [0.2, 0.25) is 0 Å². The molecule has 0 bridgehead atoms. The first-order chi connectivity index (χ1) is 18.6. The molecule has 0 amide bonds. The summed E-state index contributed by atoms with van der Waals surface area (Å²) in [5.41, 5.74) is 8.71. The zero-order valence-electron chi connectivity index (χ0n) is 21.5. The van der Waals surface area contributed by atoms with Gasteiger partial charge < -0.3 is 19.8 Å². The molecule has 0 aliphatic heterocycles. The van der Waals surface area contributed by atoms with Gasteiger partial charge in [-0.1, -0.05) is 35.5 Å². The quantitative estimate of drug-likeness (QED) is 0.209. The highest BCUT2D eigenvalue weighted by atomic mass is 16.5. The number of likely N-dealkylation sites (N-methyl/N-ethyl adjacent to an activating group) is 1. The lowest BCUT2D eigenvalue weighted by Gasteiger charge is -2.11. The summed E-state index contributed by atoms with van der Waals surface area (Å²) < 4.78 is 5.88. The van der Waals surface area contributed by atoms with Crippen LogP contribution in [-0.4, -0.2) is 58.0 Å². The Bertz CT molecular complexity index is 1630. The van der Waals surface area contributed by atoms with Crippen molar-refractivity contribution in [2.75, 3.05) is 27.2 Å². The van der Waals surface area contributed by atoms with E-state index in [0.717, 1.165) is 81.2 Å². The van der Waals surface area contributed by atoms with Crippen molar-refractivity contribution in [3.05, 3.63) is 90.1 Å². The van der Waals surface area contributed by atoms with Gasteiger partial charge in [-0.15, -0.1) is 0 Å². The maximum absolute atomic E-state index is 9.37. The van der Waals surface area contributed by atoms with Crippen molar-refractivity contribution in [2.45, 2.75) is 12.8 Å². The van der Waals surface area contributed by atoms with E-state index < -0.39 is 0 Å². The van der Waals surface area contributed by atoms with E-state index in [9.17, 15) is 5.21 Å². The first-order valence-corrected chi connectivity index (χ1v) is 12.8. The predicted molar refractivity (Wildman–Crippen MR) is 151 cm³/mol. The molecule has 2 heterocycles. The van der Waals surface area contributed by atoms with E-state index in [0.29, 0.717) is 6.61 Å². The van der Waals surface area contributed by atoms with E-state index >= 15 is 0 Å². The third kappa shape index (κ3) is 4.53. The zero-order valence-corrected chi connectivity index (χ0v) is 21.5. The predicted octanol–water partition coefficient (Wildman–Crippen LogP) is 6.02. The number of H-pyrrole nitrogens is 1. The lowest BCUT2D eigenvalue weighted by atomic mass is 9.99. The third-order valence-electron chi connectivity index (χ3n) is 7.00. The number of aromatic amines is 1. The summed E-state index contributed by atoms with van der Waals surface area (Å²) in [6, 6.07) is 24.5. The monoisotopic (exact) mass is 503 g/mol. The molecule has 0 saturated carbocycles. The van der Waals surface area contributed by atoms with Crippen LogP contribution in [0.15, 0.2) is 84.1 Å². The van der Waals surface area contributed by atoms with E-state index in [1.807, 2.05) is 74.9 Å². The fourth-order valence-electron chi connectivity index (χ4n) is 5.00. The van der Waals surface area contributed by atoms with E-state index in [1.165, 1.54) is 5.56 Å². The Labute approximate surface area is 221 Å². The topological polar surface area (TPSA) is 86.6 Å². The van der Waals surface area contributed by atoms with Gasteiger partial charge in [-0.25, -0.2) is 4.98 Å². The zero-order chi connectivity index (χ0) is 26.1. The van der Waals surface area contributed by atoms with Crippen molar-refractivity contribution in [3.8, 4) is 39.7 Å². The first-order valence-electron chi connectivity index (χ1n) is 12.8. The Kier molecular flexibility index (Phi) is 6.35. The highest BCUT2D eigenvalue weighted by Gasteiger charge is 2.22. The van der Waals surface area contributed by atoms with Gasteiger partial charge in [-0.2, -0.15) is 0 Å². The number of nitrogens with zero attached hydrogens (tertiary/aromatic N) is 4. The Morgan fingerprint density at radius 3 is 2.58 bits per heavy atom. The van der Waals surface area contributed by atoms with Crippen molar-refractivity contribution in [1.82, 2.24) is 19.9 Å². The van der Waals surface area contributed by atoms with Crippen molar-refractivity contribution in [2.24, 2.45) is 5.16 Å². The van der Waals surface area contributed by atoms with Gasteiger partial charge in [0.25, 0.3) is 0 Å². The van der Waals surface area contributed by atoms with Crippen molar-refractivity contribution < 1.29 is 9.94 Å². The summed E-state index contributed by atoms with van der Waals surface area (Å²) in [4.78, 5) is 15.4. The molecule has 190 valence electrons. The minimum Gasteiger partial charge on any atom is -0.492 e. The summed E-state index contributed by atoms with van der Waals surface area (Å²) in [6.07, 6.45) is 3.43. The first kappa shape index (κ1) is 23.9. The van der Waals surface area contributed by atoms with Crippen LogP contribution in [0.4, 0.5) is 0 Å². The number of fused-ring (bicyclic) bond motifs is 2. The van der Waals surface area contributed by atoms with Crippen LogP contribution in [0.5, 0.6) is 5.75 Å². The highest BCUT2D eigenvalue weighted by Crippen LogP contribution is 2.38. The van der Waals surface area contributed by atoms with E-state index in [4.69, 9.17) is 9.72 Å². The molecular formula is C31H29N5O2. The lowest BCUT2D eigenvalue weighted by Crippen LogP contribution is -2.19. The summed E-state index contributed by atoms with van der Waals surface area (Å²) in [5, 5.41) is 13.9. The van der Waals surface area contributed by atoms with Crippen molar-refractivity contribution in [1.29, 1.82) is 0 Å². The molecule has 0 atom stereocenters. The van der Waals surface area contributed by atoms with Crippen LogP contribution in [0.25, 0.3) is 44.8 Å². The number of pyridine rings is 1. The molecule has 2 N–H and O–H groups in total. The van der Waals surface area contributed by atoms with Crippen LogP contribution in [0.1, 0.15) is 17.5 Å². The molecule has 6 rings (SSSR count). The molecule has 3 aromatic carbocycles. The van der Waals surface area contributed by atoms with Gasteiger partial charge in [-0.05, 0) is 75.0 Å². The molecule has 0 radical (unpaired) electrons. The van der Waals surface area contributed by atoms with Crippen LogP contribution in [0.3, 0.4) is 0 Å². The van der Waals surface area contributed by atoms with Crippen LogP contribution < -0.4 is 4.74 Å². The number of hydrogen-bond donors (Lipinski definition) is 2. The number of hydrogen-bond acceptors (Lipinski definition) is 6. The Morgan fingerprint density at radius 1 is 0.947 bits per heavy atom. The number of imidazole rings is 1. The van der Waals surface area contributed by atoms with Crippen molar-refractivity contribution in [3.63, 3.8) is 0 Å². The lowest BCUT2D eigenvalue weighted by molar-refractivity contribution is 0.261. The standard InChI is InChI=1S/C31H29N5O2/c1-36(2)17-18-38-23-11-7-20(8-12-23)31-33-29(22-9-13-24-21(19-22)10-14-28(24)35-37)30(34-31)26-15-16-32-27-6-4-3-5-25(26)27/h3-9,11-13,15-16,19,37H,10,14,17-18H2,1-2H3,(H,33,34). The van der Waals surface area contributed by atoms with E-state index in [1.54, 1.807) is 0 Å². The number of benzene rings is 3. The maximum Gasteiger partial charge on any atom is 0.138 e. The summed E-state index contributed by atoms with van der Waals surface area (Å²) in [7, 11) is 4.06. The molecule has 0 fully saturated rings. The van der Waals surface area contributed by atoms with Gasteiger partial charge in [-0.3, -0.25) is 4.98 Å². The van der Waals surface area contributed by atoms with Gasteiger partial charge >= 0.3 is 0 Å². The molecule has 7 nitrogen and oxygen atoms in total. The number of aromatic nitrogens is 3. The normalized spacial score (nSPS) is 13.9. The molecule has 38 heavy (non-hydrogen) atoms. The molecule has 2 aromatic heterocycles. The minimum atomic E-state index is 0.636. The average Bonchev–Trinajstić information content (AvgIpc) is 3.57. The van der Waals surface area contributed by atoms with E-state index in [-0.39, 0.29) is 0 Å². The van der Waals surface area contributed by atoms with Gasteiger partial charge in [0, 0.05) is 40.4 Å². The van der Waals surface area contributed by atoms with Gasteiger partial charge in [0.05, 0.1) is 22.6 Å². The van der Waals surface area contributed by atoms with Gasteiger partial charge in [0.2, 0.25) is 0 Å². The van der Waals surface area contributed by atoms with Crippen LogP contribution in [-0.2, 0) is 6.42 Å². The number of oxime groups is 1. The number of rotatable bonds is 7. The van der Waals surface area contributed by atoms with Gasteiger partial charge in [0.15, 0.2) is 0 Å². The second-order valence-corrected chi connectivity index (χ2v) is 9.78. The maximum atomic E-state index is 9.37. The summed E-state index contributed by atoms with van der Waals surface area (Å²) >= 11 is 0. The molecule has 5 aromatic rings. The average molecular weight is 504 g/mol. The third-order valence-corrected chi connectivity index (χ3v) is 7.00. The summed E-state index contributed by atoms with van der Waals surface area (Å²) in [6.45, 7) is 1.50. The van der Waals surface area contributed by atoms with Crippen LogP contribution >= 0.6 is 0 Å². The Hall–Kier alpha value is -4.49. The molecule has 1 aliphatic carbocycles. The molecule has 7 heteroatoms. The number of aryl methyl sites for hydroxylation is 1. The Morgan fingerprint density at radius 2 is 1.76 bits per heavy atom. The second kappa shape index (κ2) is 10.1. The fraction of sp³-hybridized carbons (Fsp3) is 0.194.